The van der Waals surface area contributed by atoms with Gasteiger partial charge in [0.1, 0.15) is 0 Å². The van der Waals surface area contributed by atoms with Gasteiger partial charge in [0.2, 0.25) is 0 Å². The summed E-state index contributed by atoms with van der Waals surface area (Å²) in [7, 11) is 2.00. The largest absolute Gasteiger partial charge is 0.305 e. The molecule has 0 spiro atoms. The van der Waals surface area contributed by atoms with Gasteiger partial charge in [-0.15, -0.1) is 10.2 Å². The molecule has 5 heteroatoms. The summed E-state index contributed by atoms with van der Waals surface area (Å²) < 4.78 is 2.03. The molecular formula is C18H20N4S. The molecule has 0 aliphatic carbocycles. The van der Waals surface area contributed by atoms with Crippen molar-refractivity contribution in [3.63, 3.8) is 0 Å². The Kier molecular flexibility index (Phi) is 4.48. The Morgan fingerprint density at radius 1 is 1.09 bits per heavy atom. The second-order valence-electron chi connectivity index (χ2n) is 5.77. The minimum Gasteiger partial charge on any atom is -0.305 e. The van der Waals surface area contributed by atoms with Crippen LogP contribution in [-0.4, -0.2) is 19.7 Å². The predicted octanol–water partition coefficient (Wildman–Crippen LogP) is 4.09. The first-order chi connectivity index (χ1) is 11.1. The molecule has 0 aliphatic rings. The van der Waals surface area contributed by atoms with Crippen molar-refractivity contribution < 1.29 is 0 Å². The van der Waals surface area contributed by atoms with E-state index in [-0.39, 0.29) is 0 Å². The third-order valence-electron chi connectivity index (χ3n) is 3.94. The average molecular weight is 324 g/mol. The van der Waals surface area contributed by atoms with Crippen LogP contribution in [0.5, 0.6) is 0 Å². The number of nitrogens with zero attached hydrogens (tertiary/aromatic N) is 4. The number of aryl methyl sites for hydroxylation is 3. The SMILES string of the molecule is Cc1cc(C)c(CSc2nnc(-c3cccnc3)n2C)c(C)c1. The Hall–Kier alpha value is -2.14. The average Bonchev–Trinajstić information content (AvgIpc) is 2.88. The smallest absolute Gasteiger partial charge is 0.191 e. The molecule has 0 unspecified atom stereocenters. The van der Waals surface area contributed by atoms with Crippen LogP contribution in [-0.2, 0) is 12.8 Å². The molecule has 0 N–H and O–H groups in total. The molecule has 0 saturated carbocycles. The maximum atomic E-state index is 4.33. The van der Waals surface area contributed by atoms with Crippen LogP contribution in [0, 0.1) is 20.8 Å². The van der Waals surface area contributed by atoms with Crippen molar-refractivity contribution >= 4 is 11.8 Å². The van der Waals surface area contributed by atoms with Gasteiger partial charge in [-0.2, -0.15) is 0 Å². The van der Waals surface area contributed by atoms with E-state index in [2.05, 4.69) is 48.1 Å². The lowest BCUT2D eigenvalue weighted by molar-refractivity contribution is 0.793. The highest BCUT2D eigenvalue weighted by Gasteiger charge is 2.12. The van der Waals surface area contributed by atoms with Crippen molar-refractivity contribution in [2.24, 2.45) is 7.05 Å². The zero-order chi connectivity index (χ0) is 16.4. The highest BCUT2D eigenvalue weighted by atomic mass is 32.2. The first-order valence-electron chi connectivity index (χ1n) is 7.55. The van der Waals surface area contributed by atoms with Gasteiger partial charge in [0.15, 0.2) is 11.0 Å². The molecule has 1 aromatic carbocycles. The third kappa shape index (κ3) is 3.29. The molecule has 4 nitrogen and oxygen atoms in total. The van der Waals surface area contributed by atoms with Gasteiger partial charge in [-0.3, -0.25) is 4.98 Å². The summed E-state index contributed by atoms with van der Waals surface area (Å²) in [6.07, 6.45) is 3.57. The van der Waals surface area contributed by atoms with Crippen molar-refractivity contribution in [2.75, 3.05) is 0 Å². The Morgan fingerprint density at radius 2 is 1.83 bits per heavy atom. The summed E-state index contributed by atoms with van der Waals surface area (Å²) in [6.45, 7) is 6.49. The Bertz CT molecular complexity index is 801. The van der Waals surface area contributed by atoms with Crippen molar-refractivity contribution in [3.05, 3.63) is 58.9 Å². The zero-order valence-electron chi connectivity index (χ0n) is 13.9. The molecule has 0 bridgehead atoms. The summed E-state index contributed by atoms with van der Waals surface area (Å²) in [5, 5.41) is 9.56. The topological polar surface area (TPSA) is 43.6 Å². The maximum Gasteiger partial charge on any atom is 0.191 e. The Morgan fingerprint density at radius 3 is 2.48 bits per heavy atom. The highest BCUT2D eigenvalue weighted by molar-refractivity contribution is 7.98. The first-order valence-corrected chi connectivity index (χ1v) is 8.54. The van der Waals surface area contributed by atoms with Gasteiger partial charge >= 0.3 is 0 Å². The van der Waals surface area contributed by atoms with E-state index in [1.807, 2.05) is 29.9 Å². The van der Waals surface area contributed by atoms with E-state index >= 15 is 0 Å². The van der Waals surface area contributed by atoms with E-state index < -0.39 is 0 Å². The van der Waals surface area contributed by atoms with Gasteiger partial charge < -0.3 is 4.57 Å². The maximum absolute atomic E-state index is 4.33. The van der Waals surface area contributed by atoms with E-state index in [0.29, 0.717) is 0 Å². The summed E-state index contributed by atoms with van der Waals surface area (Å²) in [4.78, 5) is 4.15. The van der Waals surface area contributed by atoms with Crippen LogP contribution >= 0.6 is 11.8 Å². The number of thioether (sulfide) groups is 1. The van der Waals surface area contributed by atoms with Gasteiger partial charge in [-0.05, 0) is 49.6 Å². The fourth-order valence-electron chi connectivity index (χ4n) is 2.76. The van der Waals surface area contributed by atoms with Crippen LogP contribution < -0.4 is 0 Å². The van der Waals surface area contributed by atoms with Crippen molar-refractivity contribution in [3.8, 4) is 11.4 Å². The van der Waals surface area contributed by atoms with E-state index in [1.54, 1.807) is 18.0 Å². The number of benzene rings is 1. The summed E-state index contributed by atoms with van der Waals surface area (Å²) in [5.41, 5.74) is 6.35. The summed E-state index contributed by atoms with van der Waals surface area (Å²) in [5.74, 6) is 1.75. The van der Waals surface area contributed by atoms with E-state index in [9.17, 15) is 0 Å². The lowest BCUT2D eigenvalue weighted by Gasteiger charge is -2.11. The number of hydrogen-bond donors (Lipinski definition) is 0. The van der Waals surface area contributed by atoms with Crippen LogP contribution in [0.1, 0.15) is 22.3 Å². The summed E-state index contributed by atoms with van der Waals surface area (Å²) in [6, 6.07) is 8.39. The van der Waals surface area contributed by atoms with Gasteiger partial charge in [0.25, 0.3) is 0 Å². The highest BCUT2D eigenvalue weighted by Crippen LogP contribution is 2.28. The molecule has 0 amide bonds. The quantitative estimate of drug-likeness (QED) is 0.678. The van der Waals surface area contributed by atoms with Crippen LogP contribution in [0.4, 0.5) is 0 Å². The monoisotopic (exact) mass is 324 g/mol. The minimum atomic E-state index is 0.845. The molecule has 3 aromatic rings. The molecular weight excluding hydrogens is 304 g/mol. The number of rotatable bonds is 4. The number of aromatic nitrogens is 4. The van der Waals surface area contributed by atoms with Crippen molar-refractivity contribution in [1.82, 2.24) is 19.7 Å². The molecule has 3 rings (SSSR count). The molecule has 0 saturated heterocycles. The van der Waals surface area contributed by atoms with E-state index in [4.69, 9.17) is 0 Å². The van der Waals surface area contributed by atoms with Gasteiger partial charge in [-0.25, -0.2) is 0 Å². The van der Waals surface area contributed by atoms with Crippen molar-refractivity contribution in [2.45, 2.75) is 31.7 Å². The molecule has 0 radical (unpaired) electrons. The lowest BCUT2D eigenvalue weighted by Crippen LogP contribution is -1.97. The molecule has 23 heavy (non-hydrogen) atoms. The Labute approximate surface area is 141 Å². The van der Waals surface area contributed by atoms with Gasteiger partial charge in [0.05, 0.1) is 0 Å². The fourth-order valence-corrected chi connectivity index (χ4v) is 3.87. The predicted molar refractivity (Wildman–Crippen MR) is 94.4 cm³/mol. The molecule has 0 atom stereocenters. The Balaban J connectivity index is 1.82. The van der Waals surface area contributed by atoms with E-state index in [1.165, 1.54) is 22.3 Å². The fraction of sp³-hybridized carbons (Fsp3) is 0.278. The number of hydrogen-bond acceptors (Lipinski definition) is 4. The van der Waals surface area contributed by atoms with Gasteiger partial charge in [-0.1, -0.05) is 29.5 Å². The normalized spacial score (nSPS) is 11.0. The standard InChI is InChI=1S/C18H20N4S/c1-12-8-13(2)16(14(3)9-12)11-23-18-21-20-17(22(18)4)15-6-5-7-19-10-15/h5-10H,11H2,1-4H3. The molecule has 2 heterocycles. The van der Waals surface area contributed by atoms with E-state index in [0.717, 1.165) is 22.3 Å². The zero-order valence-corrected chi connectivity index (χ0v) is 14.7. The van der Waals surface area contributed by atoms with Crippen LogP contribution in [0.3, 0.4) is 0 Å². The van der Waals surface area contributed by atoms with Crippen LogP contribution in [0.2, 0.25) is 0 Å². The molecule has 0 fully saturated rings. The molecule has 2 aromatic heterocycles. The lowest BCUT2D eigenvalue weighted by atomic mass is 10.0. The van der Waals surface area contributed by atoms with Crippen LogP contribution in [0.15, 0.2) is 41.8 Å². The molecule has 118 valence electrons. The number of pyridine rings is 1. The molecule has 0 aliphatic heterocycles. The van der Waals surface area contributed by atoms with Crippen LogP contribution in [0.25, 0.3) is 11.4 Å². The first kappa shape index (κ1) is 15.7. The third-order valence-corrected chi connectivity index (χ3v) is 4.99. The minimum absolute atomic E-state index is 0.845. The second kappa shape index (κ2) is 6.54. The summed E-state index contributed by atoms with van der Waals surface area (Å²) >= 11 is 1.72. The van der Waals surface area contributed by atoms with Crippen molar-refractivity contribution in [1.29, 1.82) is 0 Å². The van der Waals surface area contributed by atoms with Gasteiger partial charge in [0, 0.05) is 30.8 Å². The second-order valence-corrected chi connectivity index (χ2v) is 6.72.